The van der Waals surface area contributed by atoms with Crippen molar-refractivity contribution >= 4 is 0 Å². The number of rotatable bonds is 2. The zero-order valence-electron chi connectivity index (χ0n) is 33.4. The van der Waals surface area contributed by atoms with Crippen molar-refractivity contribution in [2.24, 2.45) is 45.3 Å². The van der Waals surface area contributed by atoms with E-state index in [0.717, 1.165) is 114 Å². The molecule has 0 spiro atoms. The summed E-state index contributed by atoms with van der Waals surface area (Å²) in [7, 11) is 3.53. The van der Waals surface area contributed by atoms with Crippen LogP contribution in [0.15, 0.2) is 36.4 Å². The summed E-state index contributed by atoms with van der Waals surface area (Å²) in [5.41, 5.74) is 3.95. The molecule has 286 valence electrons. The van der Waals surface area contributed by atoms with E-state index in [1.54, 1.807) is 14.2 Å². The Labute approximate surface area is 324 Å². The molecule has 2 aromatic carbocycles. The SMILES string of the molecule is COc1ccc2c(c1)CC[C@@H]1[C@@H]2CC[C@@]2(C)[C@H]1CC[C@@]2(O)C#CC12CCC(C#C[C@]3(O)CC[C@H]4[C@@H]5CCc6cc(OC)ccc6[C@H]5CC[C@@]43C)(CC1)CC2. The Hall–Kier alpha value is -2.92. The average molecular weight is 727 g/mol. The summed E-state index contributed by atoms with van der Waals surface area (Å²) in [5, 5.41) is 24.9. The molecule has 2 bridgehead atoms. The van der Waals surface area contributed by atoms with Crippen LogP contribution < -0.4 is 9.47 Å². The normalized spacial score (nSPS) is 45.1. The minimum absolute atomic E-state index is 0.00858. The zero-order chi connectivity index (χ0) is 37.1. The quantitative estimate of drug-likeness (QED) is 0.303. The molecule has 9 aliphatic rings. The third-order valence-corrected chi connectivity index (χ3v) is 18.5. The average Bonchev–Trinajstić information content (AvgIpc) is 3.64. The maximum atomic E-state index is 12.5. The lowest BCUT2D eigenvalue weighted by Crippen LogP contribution is -2.50. The summed E-state index contributed by atoms with van der Waals surface area (Å²) >= 11 is 0. The monoisotopic (exact) mass is 726 g/mol. The molecular weight excluding hydrogens is 665 g/mol. The molecular formula is C50H62O4. The summed E-state index contributed by atoms with van der Waals surface area (Å²) < 4.78 is 11.1. The van der Waals surface area contributed by atoms with E-state index in [0.29, 0.717) is 35.5 Å². The molecule has 2 aromatic rings. The van der Waals surface area contributed by atoms with E-state index in [1.807, 2.05) is 0 Å². The van der Waals surface area contributed by atoms with Crippen molar-refractivity contribution in [2.45, 2.75) is 152 Å². The van der Waals surface area contributed by atoms with E-state index in [-0.39, 0.29) is 21.7 Å². The van der Waals surface area contributed by atoms with E-state index < -0.39 is 11.2 Å². The van der Waals surface area contributed by atoms with E-state index in [9.17, 15) is 10.2 Å². The topological polar surface area (TPSA) is 58.9 Å². The fourth-order valence-electron chi connectivity index (χ4n) is 14.8. The van der Waals surface area contributed by atoms with Crippen LogP contribution in [0.2, 0.25) is 0 Å². The molecule has 0 heterocycles. The highest BCUT2D eigenvalue weighted by Crippen LogP contribution is 2.66. The second-order valence-corrected chi connectivity index (χ2v) is 20.2. The number of aliphatic hydroxyl groups is 2. The standard InChI is InChI=1S/C50H62O4/c1-45-17-13-39-37-11-7-35(53-3)31-33(37)5-9-41(39)43(45)15-19-49(45,51)29-27-47-21-24-48(25-22-47,26-23-47)28-30-50(52)20-16-44-42-10-6-34-32-36(54-4)8-12-38(34)40(42)14-18-46(44,50)2/h7-8,11-12,31-32,39-44,51-52H,5-6,9-10,13-26H2,1-4H3/t39-,40-,41-,42-,43+,44+,45+,46+,47?,48?,49-,50-/m1/s1. The molecule has 0 saturated heterocycles. The van der Waals surface area contributed by atoms with Gasteiger partial charge in [-0.25, -0.2) is 0 Å². The highest BCUT2D eigenvalue weighted by molar-refractivity contribution is 5.43. The van der Waals surface area contributed by atoms with Crippen molar-refractivity contribution in [2.75, 3.05) is 14.2 Å². The molecule has 0 aromatic heterocycles. The lowest BCUT2D eigenvalue weighted by Gasteiger charge is -2.52. The first-order valence-electron chi connectivity index (χ1n) is 21.8. The number of fused-ring (bicyclic) bond motifs is 13. The highest BCUT2D eigenvalue weighted by Gasteiger charge is 2.63. The number of hydrogen-bond acceptors (Lipinski definition) is 4. The number of ether oxygens (including phenoxy) is 2. The van der Waals surface area contributed by atoms with Gasteiger partial charge in [-0.2, -0.15) is 0 Å². The van der Waals surface area contributed by atoms with Crippen LogP contribution in [0.25, 0.3) is 0 Å². The Morgan fingerprint density at radius 1 is 0.519 bits per heavy atom. The predicted molar refractivity (Wildman–Crippen MR) is 213 cm³/mol. The minimum atomic E-state index is -0.895. The van der Waals surface area contributed by atoms with Crippen molar-refractivity contribution < 1.29 is 19.7 Å². The highest BCUT2D eigenvalue weighted by atomic mass is 16.5. The fourth-order valence-corrected chi connectivity index (χ4v) is 14.8. The molecule has 7 fully saturated rings. The summed E-state index contributed by atoms with van der Waals surface area (Å²) in [6.07, 6.45) is 19.3. The van der Waals surface area contributed by atoms with E-state index >= 15 is 0 Å². The largest absolute Gasteiger partial charge is 0.497 e. The fraction of sp³-hybridized carbons (Fsp3) is 0.680. The molecule has 2 N–H and O–H groups in total. The molecule has 9 aliphatic carbocycles. The summed E-state index contributed by atoms with van der Waals surface area (Å²) in [4.78, 5) is 0. The van der Waals surface area contributed by atoms with Gasteiger partial charge >= 0.3 is 0 Å². The Morgan fingerprint density at radius 2 is 0.926 bits per heavy atom. The molecule has 4 heteroatoms. The zero-order valence-corrected chi connectivity index (χ0v) is 33.4. The van der Waals surface area contributed by atoms with Gasteiger partial charge in [0.1, 0.15) is 22.7 Å². The second-order valence-electron chi connectivity index (χ2n) is 20.2. The first-order chi connectivity index (χ1) is 26.0. The lowest BCUT2D eigenvalue weighted by molar-refractivity contribution is -0.0655. The van der Waals surface area contributed by atoms with Gasteiger partial charge in [-0.1, -0.05) is 49.7 Å². The van der Waals surface area contributed by atoms with Gasteiger partial charge < -0.3 is 19.7 Å². The minimum Gasteiger partial charge on any atom is -0.497 e. The van der Waals surface area contributed by atoms with Crippen LogP contribution in [0.4, 0.5) is 0 Å². The number of methoxy groups -OCH3 is 2. The van der Waals surface area contributed by atoms with E-state index in [2.05, 4.69) is 73.9 Å². The van der Waals surface area contributed by atoms with E-state index in [4.69, 9.17) is 9.47 Å². The van der Waals surface area contributed by atoms with Gasteiger partial charge in [0.15, 0.2) is 0 Å². The number of aryl methyl sites for hydroxylation is 2. The van der Waals surface area contributed by atoms with Gasteiger partial charge in [0.2, 0.25) is 0 Å². The number of hydrogen-bond donors (Lipinski definition) is 2. The number of benzene rings is 2. The molecule has 0 radical (unpaired) electrons. The van der Waals surface area contributed by atoms with Crippen LogP contribution in [0, 0.1) is 69.0 Å². The van der Waals surface area contributed by atoms with Crippen LogP contribution >= 0.6 is 0 Å². The smallest absolute Gasteiger partial charge is 0.131 e. The van der Waals surface area contributed by atoms with Gasteiger partial charge in [-0.3, -0.25) is 0 Å². The third-order valence-electron chi connectivity index (χ3n) is 18.5. The van der Waals surface area contributed by atoms with Crippen LogP contribution in [0.3, 0.4) is 0 Å². The lowest BCUT2D eigenvalue weighted by atomic mass is 9.52. The van der Waals surface area contributed by atoms with Crippen molar-refractivity contribution in [1.82, 2.24) is 0 Å². The van der Waals surface area contributed by atoms with Gasteiger partial charge in [0, 0.05) is 21.7 Å². The van der Waals surface area contributed by atoms with Crippen molar-refractivity contribution in [3.63, 3.8) is 0 Å². The maximum Gasteiger partial charge on any atom is 0.131 e. The predicted octanol–water partition coefficient (Wildman–Crippen LogP) is 9.93. The Morgan fingerprint density at radius 3 is 1.31 bits per heavy atom. The third kappa shape index (κ3) is 5.04. The first kappa shape index (κ1) is 35.5. The Bertz CT molecular complexity index is 1810. The van der Waals surface area contributed by atoms with Gasteiger partial charge in [0.25, 0.3) is 0 Å². The first-order valence-corrected chi connectivity index (χ1v) is 21.8. The van der Waals surface area contributed by atoms with Crippen LogP contribution in [0.1, 0.15) is 151 Å². The molecule has 54 heavy (non-hydrogen) atoms. The summed E-state index contributed by atoms with van der Waals surface area (Å²) in [6, 6.07) is 13.5. The Balaban J connectivity index is 0.823. The molecule has 0 unspecified atom stereocenters. The van der Waals surface area contributed by atoms with Crippen molar-refractivity contribution in [3.05, 3.63) is 58.7 Å². The van der Waals surface area contributed by atoms with Crippen LogP contribution in [-0.4, -0.2) is 35.6 Å². The van der Waals surface area contributed by atoms with Gasteiger partial charge in [-0.05, 0) is 198 Å². The van der Waals surface area contributed by atoms with Crippen LogP contribution in [-0.2, 0) is 12.8 Å². The summed E-state index contributed by atoms with van der Waals surface area (Å²) in [5.74, 6) is 20.5. The molecule has 10 atom stereocenters. The maximum absolute atomic E-state index is 12.5. The van der Waals surface area contributed by atoms with Crippen molar-refractivity contribution in [1.29, 1.82) is 0 Å². The van der Waals surface area contributed by atoms with Gasteiger partial charge in [0.05, 0.1) is 14.2 Å². The van der Waals surface area contributed by atoms with Gasteiger partial charge in [-0.15, -0.1) is 0 Å². The molecule has 0 aliphatic heterocycles. The van der Waals surface area contributed by atoms with Crippen molar-refractivity contribution in [3.8, 4) is 35.2 Å². The molecule has 4 nitrogen and oxygen atoms in total. The summed E-state index contributed by atoms with van der Waals surface area (Å²) in [6.45, 7) is 4.77. The molecule has 11 rings (SSSR count). The van der Waals surface area contributed by atoms with E-state index in [1.165, 1.54) is 35.1 Å². The van der Waals surface area contributed by atoms with Crippen LogP contribution in [0.5, 0.6) is 11.5 Å². The second kappa shape index (κ2) is 12.3. The molecule has 0 amide bonds. The molecule has 7 saturated carbocycles. The Kier molecular flexibility index (Phi) is 8.08.